The fraction of sp³-hybridized carbons (Fsp3) is 0.174. The molecule has 4 atom stereocenters. The predicted octanol–water partition coefficient (Wildman–Crippen LogP) is 11.8. The molecule has 4 unspecified atom stereocenters. The molecule has 2 aliphatic carbocycles. The highest BCUT2D eigenvalue weighted by atomic mass is 16.3. The Labute approximate surface area is 295 Å². The molecule has 2 aliphatic rings. The fourth-order valence-electron chi connectivity index (χ4n) is 9.03. The largest absolute Gasteiger partial charge is 0.456 e. The van der Waals surface area contributed by atoms with E-state index in [1.807, 2.05) is 12.1 Å². The number of benzene rings is 5. The van der Waals surface area contributed by atoms with E-state index in [0.717, 1.165) is 62.3 Å². The highest BCUT2D eigenvalue weighted by Crippen LogP contribution is 2.46. The molecule has 51 heavy (non-hydrogen) atoms. The lowest BCUT2D eigenvalue weighted by Gasteiger charge is -2.30. The summed E-state index contributed by atoms with van der Waals surface area (Å²) in [6, 6.07) is 41.2. The van der Waals surface area contributed by atoms with E-state index in [2.05, 4.69) is 144 Å². The maximum absolute atomic E-state index is 9.86. The number of rotatable bonds is 3. The molecule has 0 bridgehead atoms. The molecule has 0 spiro atoms. The molecule has 5 nitrogen and oxygen atoms in total. The van der Waals surface area contributed by atoms with Gasteiger partial charge in [0.05, 0.1) is 40.7 Å². The van der Waals surface area contributed by atoms with Crippen molar-refractivity contribution in [3.8, 4) is 17.8 Å². The van der Waals surface area contributed by atoms with E-state index in [-0.39, 0.29) is 17.9 Å². The smallest absolute Gasteiger partial charge is 0.135 e. The first-order chi connectivity index (χ1) is 25.0. The van der Waals surface area contributed by atoms with Crippen molar-refractivity contribution in [2.75, 3.05) is 0 Å². The zero-order valence-corrected chi connectivity index (χ0v) is 28.5. The Morgan fingerprint density at radius 1 is 0.706 bits per heavy atom. The molecule has 0 aliphatic heterocycles. The van der Waals surface area contributed by atoms with E-state index in [1.165, 1.54) is 33.3 Å². The molecule has 0 fully saturated rings. The van der Waals surface area contributed by atoms with Crippen LogP contribution in [0.2, 0.25) is 0 Å². The lowest BCUT2D eigenvalue weighted by Crippen LogP contribution is -2.18. The van der Waals surface area contributed by atoms with Gasteiger partial charge in [-0.25, -0.2) is 0 Å². The summed E-state index contributed by atoms with van der Waals surface area (Å²) in [5.74, 6) is 0.447. The summed E-state index contributed by atoms with van der Waals surface area (Å²) < 4.78 is 11.2. The second kappa shape index (κ2) is 11.1. The van der Waals surface area contributed by atoms with Crippen LogP contribution in [-0.2, 0) is 0 Å². The van der Waals surface area contributed by atoms with Gasteiger partial charge in [0.25, 0.3) is 0 Å². The summed E-state index contributed by atoms with van der Waals surface area (Å²) in [5.41, 5.74) is 12.0. The second-order valence-electron chi connectivity index (χ2n) is 14.3. The Balaban J connectivity index is 1.11. The van der Waals surface area contributed by atoms with Crippen LogP contribution in [0.3, 0.4) is 0 Å². The predicted molar refractivity (Wildman–Crippen MR) is 207 cm³/mol. The van der Waals surface area contributed by atoms with Crippen LogP contribution in [0.1, 0.15) is 61.0 Å². The van der Waals surface area contributed by atoms with Crippen molar-refractivity contribution < 1.29 is 4.42 Å². The standard InChI is InChI=1S/C46H34N4O/c1-27-11-15-32(50-41-10-6-4-8-35(41)46-28(2)31(26-48)13-18-43(46)50)23-36(27)30-14-19-44-38(22-30)39-24-33(16-20-45(39)51-44)49-40-9-5-3-7-34(40)37-21-29(25-47)12-17-42(37)49/h3-10,12-14,16-24,27-28,31-32H,11,15H2,1-2H3. The highest BCUT2D eigenvalue weighted by Gasteiger charge is 2.32. The van der Waals surface area contributed by atoms with Crippen molar-refractivity contribution in [1.82, 2.24) is 9.13 Å². The van der Waals surface area contributed by atoms with Crippen molar-refractivity contribution in [3.63, 3.8) is 0 Å². The minimum atomic E-state index is -0.113. The molecule has 5 heteroatoms. The number of nitriles is 2. The number of hydrogen-bond donors (Lipinski definition) is 0. The first kappa shape index (κ1) is 29.6. The van der Waals surface area contributed by atoms with Gasteiger partial charge in [0.15, 0.2) is 0 Å². The number of allylic oxidation sites excluding steroid dienone is 3. The monoisotopic (exact) mass is 658 g/mol. The third-order valence-corrected chi connectivity index (χ3v) is 11.6. The first-order valence-electron chi connectivity index (χ1n) is 17.8. The molecule has 0 N–H and O–H groups in total. The van der Waals surface area contributed by atoms with Crippen LogP contribution in [0.15, 0.2) is 120 Å². The molecule has 0 radical (unpaired) electrons. The maximum Gasteiger partial charge on any atom is 0.135 e. The molecular weight excluding hydrogens is 625 g/mol. The summed E-state index contributed by atoms with van der Waals surface area (Å²) in [6.45, 7) is 4.54. The van der Waals surface area contributed by atoms with E-state index in [1.54, 1.807) is 0 Å². The highest BCUT2D eigenvalue weighted by molar-refractivity contribution is 6.11. The molecule has 3 heterocycles. The summed E-state index contributed by atoms with van der Waals surface area (Å²) in [4.78, 5) is 0. The third kappa shape index (κ3) is 4.32. The van der Waals surface area contributed by atoms with Gasteiger partial charge < -0.3 is 13.6 Å². The maximum atomic E-state index is 9.86. The van der Waals surface area contributed by atoms with Crippen molar-refractivity contribution in [2.45, 2.75) is 38.6 Å². The summed E-state index contributed by atoms with van der Waals surface area (Å²) in [6.07, 6.45) is 8.93. The van der Waals surface area contributed by atoms with Crippen molar-refractivity contribution in [3.05, 3.63) is 138 Å². The zero-order chi connectivity index (χ0) is 34.4. The van der Waals surface area contributed by atoms with Gasteiger partial charge in [-0.1, -0.05) is 68.5 Å². The van der Waals surface area contributed by atoms with Crippen LogP contribution < -0.4 is 0 Å². The normalized spacial score (nSPS) is 20.2. The number of nitrogens with zero attached hydrogens (tertiary/aromatic N) is 4. The van der Waals surface area contributed by atoms with Crippen LogP contribution in [-0.4, -0.2) is 9.13 Å². The SMILES string of the molecule is CC1CCC(n2c3c(c4ccccc42)C(C)C(C#N)C=C3)C=C1c1ccc2oc3ccc(-n4c5ccccc5c5cc(C#N)ccc54)cc3c2c1. The number of aromatic nitrogens is 2. The molecule has 3 aromatic heterocycles. The van der Waals surface area contributed by atoms with Crippen LogP contribution in [0.25, 0.3) is 72.0 Å². The molecule has 0 amide bonds. The van der Waals surface area contributed by atoms with Gasteiger partial charge in [-0.2, -0.15) is 10.5 Å². The molecule has 0 saturated carbocycles. The molecule has 10 rings (SSSR count). The number of para-hydroxylation sites is 2. The van der Waals surface area contributed by atoms with Crippen LogP contribution in [0.5, 0.6) is 0 Å². The molecule has 8 aromatic rings. The van der Waals surface area contributed by atoms with Gasteiger partial charge in [-0.3, -0.25) is 0 Å². The Hall–Kier alpha value is -6.30. The third-order valence-electron chi connectivity index (χ3n) is 11.6. The fourth-order valence-corrected chi connectivity index (χ4v) is 9.03. The topological polar surface area (TPSA) is 70.6 Å². The van der Waals surface area contributed by atoms with Gasteiger partial charge in [0.1, 0.15) is 11.2 Å². The van der Waals surface area contributed by atoms with Crippen LogP contribution in [0.4, 0.5) is 0 Å². The Morgan fingerprint density at radius 2 is 1.45 bits per heavy atom. The summed E-state index contributed by atoms with van der Waals surface area (Å²) in [7, 11) is 0. The first-order valence-corrected chi connectivity index (χ1v) is 17.8. The Kier molecular flexibility index (Phi) is 6.45. The second-order valence-corrected chi connectivity index (χ2v) is 14.3. The van der Waals surface area contributed by atoms with Crippen molar-refractivity contribution >= 4 is 66.3 Å². The lowest BCUT2D eigenvalue weighted by atomic mass is 9.81. The molecule has 5 aromatic carbocycles. The average molecular weight is 659 g/mol. The summed E-state index contributed by atoms with van der Waals surface area (Å²) in [5, 5.41) is 25.1. The number of hydrogen-bond acceptors (Lipinski definition) is 3. The molecule has 0 saturated heterocycles. The zero-order valence-electron chi connectivity index (χ0n) is 28.5. The number of fused-ring (bicyclic) bond motifs is 9. The van der Waals surface area contributed by atoms with E-state index in [9.17, 15) is 10.5 Å². The van der Waals surface area contributed by atoms with Crippen molar-refractivity contribution in [2.24, 2.45) is 11.8 Å². The van der Waals surface area contributed by atoms with Crippen LogP contribution in [0, 0.1) is 34.5 Å². The minimum Gasteiger partial charge on any atom is -0.456 e. The number of furan rings is 1. The van der Waals surface area contributed by atoms with Gasteiger partial charge in [-0.15, -0.1) is 0 Å². The van der Waals surface area contributed by atoms with Gasteiger partial charge in [0.2, 0.25) is 0 Å². The molecular formula is C46H34N4O. The van der Waals surface area contributed by atoms with Gasteiger partial charge in [0, 0.05) is 49.7 Å². The summed E-state index contributed by atoms with van der Waals surface area (Å²) >= 11 is 0. The Morgan fingerprint density at radius 3 is 2.27 bits per heavy atom. The average Bonchev–Trinajstić information content (AvgIpc) is 3.82. The minimum absolute atomic E-state index is 0.113. The quantitative estimate of drug-likeness (QED) is 0.190. The van der Waals surface area contributed by atoms with Crippen LogP contribution >= 0.6 is 0 Å². The molecule has 244 valence electrons. The van der Waals surface area contributed by atoms with E-state index in [4.69, 9.17) is 4.42 Å². The van der Waals surface area contributed by atoms with E-state index in [0.29, 0.717) is 11.5 Å². The van der Waals surface area contributed by atoms with E-state index < -0.39 is 0 Å². The van der Waals surface area contributed by atoms with Gasteiger partial charge >= 0.3 is 0 Å². The Bertz CT molecular complexity index is 2900. The lowest BCUT2D eigenvalue weighted by molar-refractivity contribution is 0.479. The van der Waals surface area contributed by atoms with Crippen molar-refractivity contribution in [1.29, 1.82) is 10.5 Å². The van der Waals surface area contributed by atoms with E-state index >= 15 is 0 Å². The van der Waals surface area contributed by atoms with Gasteiger partial charge in [-0.05, 0) is 102 Å².